The number of nitrogens with one attached hydrogen (secondary N) is 2. The summed E-state index contributed by atoms with van der Waals surface area (Å²) in [7, 11) is 1.72. The van der Waals surface area contributed by atoms with Crippen LogP contribution < -0.4 is 10.9 Å². The van der Waals surface area contributed by atoms with Gasteiger partial charge in [-0.15, -0.1) is 0 Å². The third kappa shape index (κ3) is 9.73. The van der Waals surface area contributed by atoms with E-state index in [2.05, 4.69) is 39.8 Å². The van der Waals surface area contributed by atoms with Crippen molar-refractivity contribution in [3.05, 3.63) is 45.1 Å². The third-order valence-corrected chi connectivity index (χ3v) is 3.96. The van der Waals surface area contributed by atoms with Crippen LogP contribution in [0.15, 0.2) is 45.1 Å². The van der Waals surface area contributed by atoms with Gasteiger partial charge in [-0.2, -0.15) is 0 Å². The first-order chi connectivity index (χ1) is 11.4. The topological polar surface area (TPSA) is 61.4 Å². The molecule has 0 bridgehead atoms. The zero-order valence-corrected chi connectivity index (χ0v) is 17.7. The Kier molecular flexibility index (Phi) is 15.8. The molecule has 0 saturated carbocycles. The quantitative estimate of drug-likeness (QED) is 0.273. The summed E-state index contributed by atoms with van der Waals surface area (Å²) in [6.45, 7) is 12.0. The molecule has 0 aromatic carbocycles. The van der Waals surface area contributed by atoms with Gasteiger partial charge in [-0.1, -0.05) is 62.2 Å². The van der Waals surface area contributed by atoms with Crippen LogP contribution in [0.2, 0.25) is 0 Å². The van der Waals surface area contributed by atoms with Crippen molar-refractivity contribution in [2.75, 3.05) is 7.05 Å². The number of carbonyl (C=O) groups is 1. The molecule has 0 saturated heterocycles. The van der Waals surface area contributed by atoms with Crippen molar-refractivity contribution in [3.8, 4) is 0 Å². The van der Waals surface area contributed by atoms with Gasteiger partial charge in [-0.05, 0) is 43.9 Å². The van der Waals surface area contributed by atoms with Crippen molar-refractivity contribution >= 4 is 21.9 Å². The van der Waals surface area contributed by atoms with Gasteiger partial charge in [0.25, 0.3) is 0 Å². The Labute approximate surface area is 155 Å². The number of allylic oxidation sites excluding steroid dienone is 6. The molecule has 0 aromatic heterocycles. The first kappa shape index (κ1) is 24.9. The van der Waals surface area contributed by atoms with Gasteiger partial charge in [0.05, 0.1) is 11.3 Å². The van der Waals surface area contributed by atoms with E-state index in [4.69, 9.17) is 0 Å². The fraction of sp³-hybridized carbons (Fsp3) is 0.526. The number of hydrogen-bond donors (Lipinski definition) is 3. The molecule has 5 heteroatoms. The molecule has 3 N–H and O–H groups in total. The Balaban J connectivity index is 0. The molecule has 0 atom stereocenters. The average Bonchev–Trinajstić information content (AvgIpc) is 2.57. The van der Waals surface area contributed by atoms with Gasteiger partial charge >= 0.3 is 5.97 Å². The molecule has 0 rings (SSSR count). The molecule has 0 aromatic rings. The lowest BCUT2D eigenvalue weighted by molar-refractivity contribution is -0.132. The highest BCUT2D eigenvalue weighted by Crippen LogP contribution is 2.20. The van der Waals surface area contributed by atoms with Crippen molar-refractivity contribution in [2.24, 2.45) is 0 Å². The summed E-state index contributed by atoms with van der Waals surface area (Å²) in [5.41, 5.74) is 8.79. The number of aliphatic carboxylic acids is 1. The first-order valence-corrected chi connectivity index (χ1v) is 9.29. The van der Waals surface area contributed by atoms with E-state index in [1.807, 2.05) is 46.8 Å². The largest absolute Gasteiger partial charge is 0.478 e. The highest BCUT2D eigenvalue weighted by atomic mass is 79.9. The second-order valence-electron chi connectivity index (χ2n) is 4.94. The van der Waals surface area contributed by atoms with Crippen LogP contribution in [0.25, 0.3) is 0 Å². The molecule has 0 heterocycles. The molecule has 0 unspecified atom stereocenters. The predicted octanol–water partition coefficient (Wildman–Crippen LogP) is 5.46. The van der Waals surface area contributed by atoms with Crippen molar-refractivity contribution < 1.29 is 9.90 Å². The van der Waals surface area contributed by atoms with Crippen molar-refractivity contribution in [2.45, 2.75) is 60.8 Å². The van der Waals surface area contributed by atoms with Gasteiger partial charge in [-0.3, -0.25) is 0 Å². The van der Waals surface area contributed by atoms with E-state index in [1.165, 1.54) is 0 Å². The number of carboxylic acids is 1. The molecule has 4 nitrogen and oxygen atoms in total. The summed E-state index contributed by atoms with van der Waals surface area (Å²) in [6, 6.07) is 0. The number of rotatable bonds is 9. The molecule has 0 fully saturated rings. The minimum absolute atomic E-state index is 0.385. The number of halogens is 1. The summed E-state index contributed by atoms with van der Waals surface area (Å²) in [6.07, 6.45) is 8.26. The minimum atomic E-state index is -0.891. The Morgan fingerprint density at radius 3 is 2.12 bits per heavy atom. The SMILES string of the molecule is CC.CC/C=C(C)/C(Br)=C\C=C(C)\C(NNC)=C(\CCC)C(=O)O. The highest BCUT2D eigenvalue weighted by molar-refractivity contribution is 9.12. The van der Waals surface area contributed by atoms with Crippen molar-refractivity contribution in [1.82, 2.24) is 10.9 Å². The standard InChI is InChI=1S/C17H27BrN2O2.C2H6/c1-6-8-12(3)15(18)11-10-13(4)16(20-19-5)14(9-7-2)17(21)22;1-2/h8,10-11,19-20H,6-7,9H2,1-5H3,(H,21,22);1-2H3/b12-8+,13-10+,15-11+,16-14+;. The predicted molar refractivity (Wildman–Crippen MR) is 108 cm³/mol. The number of carboxylic acid groups (broad SMARTS) is 1. The lowest BCUT2D eigenvalue weighted by Crippen LogP contribution is -2.30. The molecule has 0 aliphatic carbocycles. The summed E-state index contributed by atoms with van der Waals surface area (Å²) in [5, 5.41) is 9.40. The van der Waals surface area contributed by atoms with Crippen LogP contribution in [-0.4, -0.2) is 18.1 Å². The smallest absolute Gasteiger partial charge is 0.333 e. The van der Waals surface area contributed by atoms with Gasteiger partial charge in [0.15, 0.2) is 0 Å². The van der Waals surface area contributed by atoms with Crippen LogP contribution >= 0.6 is 15.9 Å². The average molecular weight is 401 g/mol. The number of hydrogen-bond acceptors (Lipinski definition) is 3. The maximum absolute atomic E-state index is 11.5. The van der Waals surface area contributed by atoms with E-state index in [0.717, 1.165) is 28.5 Å². The van der Waals surface area contributed by atoms with E-state index in [0.29, 0.717) is 17.7 Å². The maximum atomic E-state index is 11.5. The monoisotopic (exact) mass is 400 g/mol. The first-order valence-electron chi connectivity index (χ1n) is 8.49. The maximum Gasteiger partial charge on any atom is 0.333 e. The molecule has 0 spiro atoms. The molecule has 0 amide bonds. The summed E-state index contributed by atoms with van der Waals surface area (Å²) < 4.78 is 0.991. The van der Waals surface area contributed by atoms with Crippen LogP contribution in [0, 0.1) is 0 Å². The molecule has 24 heavy (non-hydrogen) atoms. The van der Waals surface area contributed by atoms with E-state index < -0.39 is 5.97 Å². The van der Waals surface area contributed by atoms with Gasteiger partial charge in [-0.25, -0.2) is 10.2 Å². The highest BCUT2D eigenvalue weighted by Gasteiger charge is 2.14. The zero-order valence-electron chi connectivity index (χ0n) is 16.1. The van der Waals surface area contributed by atoms with Gasteiger partial charge < -0.3 is 10.5 Å². The second-order valence-corrected chi connectivity index (χ2v) is 5.80. The Hall–Kier alpha value is -1.33. The van der Waals surface area contributed by atoms with Crippen molar-refractivity contribution in [1.29, 1.82) is 0 Å². The van der Waals surface area contributed by atoms with E-state index in [9.17, 15) is 9.90 Å². The summed E-state index contributed by atoms with van der Waals surface area (Å²) in [4.78, 5) is 11.5. The van der Waals surface area contributed by atoms with Crippen LogP contribution in [-0.2, 0) is 4.79 Å². The third-order valence-electron chi connectivity index (χ3n) is 3.07. The number of hydrazine groups is 1. The van der Waals surface area contributed by atoms with Crippen LogP contribution in [0.1, 0.15) is 60.8 Å². The molecule has 0 radical (unpaired) electrons. The Bertz CT molecular complexity index is 503. The minimum Gasteiger partial charge on any atom is -0.478 e. The fourth-order valence-electron chi connectivity index (χ4n) is 1.94. The van der Waals surface area contributed by atoms with Gasteiger partial charge in [0.1, 0.15) is 0 Å². The lowest BCUT2D eigenvalue weighted by Gasteiger charge is -2.14. The summed E-state index contributed by atoms with van der Waals surface area (Å²) in [5.74, 6) is -0.891. The van der Waals surface area contributed by atoms with Crippen LogP contribution in [0.4, 0.5) is 0 Å². The van der Waals surface area contributed by atoms with Crippen molar-refractivity contribution in [3.63, 3.8) is 0 Å². The molecule has 0 aliphatic heterocycles. The normalized spacial score (nSPS) is 13.8. The molecule has 138 valence electrons. The zero-order chi connectivity index (χ0) is 19.1. The summed E-state index contributed by atoms with van der Waals surface area (Å²) >= 11 is 3.54. The molecule has 0 aliphatic rings. The Morgan fingerprint density at radius 1 is 1.12 bits per heavy atom. The van der Waals surface area contributed by atoms with Gasteiger partial charge in [0, 0.05) is 11.5 Å². The van der Waals surface area contributed by atoms with E-state index >= 15 is 0 Å². The molecular weight excluding hydrogens is 368 g/mol. The van der Waals surface area contributed by atoms with Crippen LogP contribution in [0.5, 0.6) is 0 Å². The van der Waals surface area contributed by atoms with Gasteiger partial charge in [0.2, 0.25) is 0 Å². The van der Waals surface area contributed by atoms with E-state index in [1.54, 1.807) is 7.05 Å². The lowest BCUT2D eigenvalue weighted by atomic mass is 10.0. The fourth-order valence-corrected chi connectivity index (χ4v) is 2.24. The van der Waals surface area contributed by atoms with Crippen LogP contribution in [0.3, 0.4) is 0 Å². The Morgan fingerprint density at radius 2 is 1.71 bits per heavy atom. The second kappa shape index (κ2) is 15.2. The van der Waals surface area contributed by atoms with E-state index in [-0.39, 0.29) is 0 Å². The molecular formula is C19H33BrN2O2.